The first-order chi connectivity index (χ1) is 14.5. The summed E-state index contributed by atoms with van der Waals surface area (Å²) in [7, 11) is 1.56. The Labute approximate surface area is 182 Å². The molecule has 2 aromatic rings. The van der Waals surface area contributed by atoms with Crippen LogP contribution in [-0.2, 0) is 9.53 Å². The van der Waals surface area contributed by atoms with Crippen molar-refractivity contribution in [3.8, 4) is 11.5 Å². The molecule has 0 unspecified atom stereocenters. The molecule has 0 atom stereocenters. The van der Waals surface area contributed by atoms with Gasteiger partial charge >= 0.3 is 0 Å². The largest absolute Gasteiger partial charge is 0.493 e. The number of carbonyl (C=O) groups excluding carboxylic acids is 1. The Morgan fingerprint density at radius 1 is 1.23 bits per heavy atom. The molecule has 1 heterocycles. The summed E-state index contributed by atoms with van der Waals surface area (Å²) in [5.41, 5.74) is 2.50. The van der Waals surface area contributed by atoms with Crippen LogP contribution in [0, 0.1) is 0 Å². The highest BCUT2D eigenvalue weighted by Gasteiger charge is 2.16. The van der Waals surface area contributed by atoms with Crippen molar-refractivity contribution in [2.75, 3.05) is 43.6 Å². The minimum Gasteiger partial charge on any atom is -0.493 e. The Balaban J connectivity index is 1.73. The third kappa shape index (κ3) is 5.68. The molecule has 7 heteroatoms. The zero-order chi connectivity index (χ0) is 21.5. The molecule has 1 aliphatic rings. The van der Waals surface area contributed by atoms with Gasteiger partial charge in [-0.3, -0.25) is 4.79 Å². The van der Waals surface area contributed by atoms with Crippen LogP contribution in [0.25, 0.3) is 6.08 Å². The molecule has 30 heavy (non-hydrogen) atoms. The number of morpholine rings is 1. The second kappa shape index (κ2) is 10.4. The van der Waals surface area contributed by atoms with Gasteiger partial charge < -0.3 is 24.4 Å². The van der Waals surface area contributed by atoms with Crippen LogP contribution in [0.2, 0.25) is 5.02 Å². The van der Waals surface area contributed by atoms with Gasteiger partial charge in [0.25, 0.3) is 0 Å². The maximum atomic E-state index is 12.5. The predicted molar refractivity (Wildman–Crippen MR) is 121 cm³/mol. The lowest BCUT2D eigenvalue weighted by Crippen LogP contribution is -2.36. The Morgan fingerprint density at radius 3 is 2.67 bits per heavy atom. The summed E-state index contributed by atoms with van der Waals surface area (Å²) in [5, 5.41) is 3.39. The highest BCUT2D eigenvalue weighted by molar-refractivity contribution is 6.32. The molecule has 0 bridgehead atoms. The zero-order valence-electron chi connectivity index (χ0n) is 17.5. The molecule has 1 aliphatic heterocycles. The monoisotopic (exact) mass is 430 g/mol. The summed E-state index contributed by atoms with van der Waals surface area (Å²) < 4.78 is 16.5. The number of para-hydroxylation sites is 2. The molecular weight excluding hydrogens is 404 g/mol. The number of benzene rings is 2. The molecule has 0 aliphatic carbocycles. The van der Waals surface area contributed by atoms with Gasteiger partial charge in [0.2, 0.25) is 5.91 Å². The van der Waals surface area contributed by atoms with Crippen molar-refractivity contribution in [3.05, 3.63) is 53.1 Å². The van der Waals surface area contributed by atoms with Gasteiger partial charge in [-0.05, 0) is 49.8 Å². The van der Waals surface area contributed by atoms with Crippen LogP contribution in [0.3, 0.4) is 0 Å². The van der Waals surface area contributed by atoms with E-state index in [1.165, 1.54) is 6.08 Å². The van der Waals surface area contributed by atoms with E-state index in [2.05, 4.69) is 10.2 Å². The number of halogens is 1. The van der Waals surface area contributed by atoms with Crippen LogP contribution in [0.15, 0.2) is 42.5 Å². The molecule has 0 spiro atoms. The normalized spacial score (nSPS) is 14.2. The number of nitrogens with one attached hydrogen (secondary N) is 1. The molecule has 0 radical (unpaired) electrons. The summed E-state index contributed by atoms with van der Waals surface area (Å²) in [4.78, 5) is 14.8. The Kier molecular flexibility index (Phi) is 7.60. The maximum absolute atomic E-state index is 12.5. The lowest BCUT2D eigenvalue weighted by atomic mass is 10.1. The number of nitrogens with zero attached hydrogens (tertiary/aromatic N) is 1. The van der Waals surface area contributed by atoms with E-state index in [0.717, 1.165) is 30.0 Å². The first-order valence-corrected chi connectivity index (χ1v) is 10.3. The molecule has 0 aromatic heterocycles. The first-order valence-electron chi connectivity index (χ1n) is 9.93. The topological polar surface area (TPSA) is 60.0 Å². The van der Waals surface area contributed by atoms with E-state index < -0.39 is 0 Å². The van der Waals surface area contributed by atoms with Crippen molar-refractivity contribution in [1.82, 2.24) is 0 Å². The second-order valence-corrected chi connectivity index (χ2v) is 7.55. The molecule has 1 saturated heterocycles. The summed E-state index contributed by atoms with van der Waals surface area (Å²) >= 11 is 6.35. The molecule has 3 rings (SSSR count). The van der Waals surface area contributed by atoms with Crippen LogP contribution in [0.4, 0.5) is 11.4 Å². The summed E-state index contributed by atoms with van der Waals surface area (Å²) in [6.07, 6.45) is 3.14. The summed E-state index contributed by atoms with van der Waals surface area (Å²) in [5.74, 6) is 0.789. The van der Waals surface area contributed by atoms with E-state index in [1.807, 2.05) is 38.1 Å². The molecule has 1 amide bonds. The Hall–Kier alpha value is -2.70. The summed E-state index contributed by atoms with van der Waals surface area (Å²) in [6, 6.07) is 11.3. The van der Waals surface area contributed by atoms with E-state index in [0.29, 0.717) is 29.7 Å². The standard InChI is InChI=1S/C23H27ClN2O4/c1-16(2)30-23-18(24)14-17(15-21(23)28-3)8-9-22(27)25-19-6-4-5-7-20(19)26-10-12-29-13-11-26/h4-9,14-16H,10-13H2,1-3H3,(H,25,27). The number of carbonyl (C=O) groups is 1. The number of rotatable bonds is 7. The van der Waals surface area contributed by atoms with Gasteiger partial charge in [-0.1, -0.05) is 23.7 Å². The lowest BCUT2D eigenvalue weighted by molar-refractivity contribution is -0.111. The molecular formula is C23H27ClN2O4. The van der Waals surface area contributed by atoms with Crippen LogP contribution < -0.4 is 19.7 Å². The van der Waals surface area contributed by atoms with Crippen molar-refractivity contribution in [2.24, 2.45) is 0 Å². The van der Waals surface area contributed by atoms with Crippen molar-refractivity contribution >= 4 is 35.0 Å². The number of methoxy groups -OCH3 is 1. The quantitative estimate of drug-likeness (QED) is 0.649. The van der Waals surface area contributed by atoms with E-state index in [-0.39, 0.29) is 12.0 Å². The van der Waals surface area contributed by atoms with Crippen LogP contribution >= 0.6 is 11.6 Å². The second-order valence-electron chi connectivity index (χ2n) is 7.14. The minimum absolute atomic E-state index is 0.0323. The number of amides is 1. The van der Waals surface area contributed by atoms with Crippen molar-refractivity contribution in [1.29, 1.82) is 0 Å². The molecule has 0 saturated carbocycles. The fourth-order valence-electron chi connectivity index (χ4n) is 3.19. The zero-order valence-corrected chi connectivity index (χ0v) is 18.2. The molecule has 1 N–H and O–H groups in total. The Bertz CT molecular complexity index is 908. The number of ether oxygens (including phenoxy) is 3. The number of anilines is 2. The molecule has 160 valence electrons. The van der Waals surface area contributed by atoms with Crippen molar-refractivity contribution in [2.45, 2.75) is 20.0 Å². The highest BCUT2D eigenvalue weighted by Crippen LogP contribution is 2.37. The van der Waals surface area contributed by atoms with Gasteiger partial charge in [-0.2, -0.15) is 0 Å². The molecule has 6 nitrogen and oxygen atoms in total. The van der Waals surface area contributed by atoms with E-state index >= 15 is 0 Å². The van der Waals surface area contributed by atoms with Gasteiger partial charge in [0.05, 0.1) is 42.8 Å². The molecule has 1 fully saturated rings. The summed E-state index contributed by atoms with van der Waals surface area (Å²) in [6.45, 7) is 6.80. The van der Waals surface area contributed by atoms with Crippen LogP contribution in [0.5, 0.6) is 11.5 Å². The third-order valence-electron chi connectivity index (χ3n) is 4.55. The fraction of sp³-hybridized carbons (Fsp3) is 0.348. The lowest BCUT2D eigenvalue weighted by Gasteiger charge is -2.30. The van der Waals surface area contributed by atoms with Crippen molar-refractivity contribution in [3.63, 3.8) is 0 Å². The van der Waals surface area contributed by atoms with Gasteiger partial charge in [0, 0.05) is 19.2 Å². The number of hydrogen-bond donors (Lipinski definition) is 1. The maximum Gasteiger partial charge on any atom is 0.248 e. The van der Waals surface area contributed by atoms with E-state index in [1.54, 1.807) is 25.3 Å². The van der Waals surface area contributed by atoms with Crippen LogP contribution in [0.1, 0.15) is 19.4 Å². The van der Waals surface area contributed by atoms with Gasteiger partial charge in [-0.15, -0.1) is 0 Å². The third-order valence-corrected chi connectivity index (χ3v) is 4.83. The van der Waals surface area contributed by atoms with Gasteiger partial charge in [0.1, 0.15) is 0 Å². The first kappa shape index (κ1) is 22.0. The average Bonchev–Trinajstić information content (AvgIpc) is 2.74. The minimum atomic E-state index is -0.228. The fourth-order valence-corrected chi connectivity index (χ4v) is 3.46. The van der Waals surface area contributed by atoms with Gasteiger partial charge in [-0.25, -0.2) is 0 Å². The predicted octanol–water partition coefficient (Wildman–Crippen LogP) is 4.62. The Morgan fingerprint density at radius 2 is 1.97 bits per heavy atom. The molecule has 2 aromatic carbocycles. The average molecular weight is 431 g/mol. The van der Waals surface area contributed by atoms with Crippen LogP contribution in [-0.4, -0.2) is 45.4 Å². The highest BCUT2D eigenvalue weighted by atomic mass is 35.5. The number of hydrogen-bond acceptors (Lipinski definition) is 5. The smallest absolute Gasteiger partial charge is 0.248 e. The SMILES string of the molecule is COc1cc(C=CC(=O)Nc2ccccc2N2CCOCC2)cc(Cl)c1OC(C)C. The van der Waals surface area contributed by atoms with Gasteiger partial charge in [0.15, 0.2) is 11.5 Å². The van der Waals surface area contributed by atoms with Crippen molar-refractivity contribution < 1.29 is 19.0 Å². The van der Waals surface area contributed by atoms with E-state index in [4.69, 9.17) is 25.8 Å². The van der Waals surface area contributed by atoms with E-state index in [9.17, 15) is 4.79 Å².